The summed E-state index contributed by atoms with van der Waals surface area (Å²) in [6.45, 7) is 5.62. The Morgan fingerprint density at radius 3 is 2.70 bits per heavy atom. The van der Waals surface area contributed by atoms with Crippen LogP contribution in [0.2, 0.25) is 0 Å². The average molecular weight is 297 g/mol. The predicted octanol–water partition coefficient (Wildman–Crippen LogP) is 2.20. The van der Waals surface area contributed by atoms with Crippen LogP contribution in [0.15, 0.2) is 24.3 Å². The molecule has 112 valence electrons. The molecule has 20 heavy (non-hydrogen) atoms. The molecule has 1 atom stereocenters. The van der Waals surface area contributed by atoms with Crippen LogP contribution in [0.3, 0.4) is 0 Å². The van der Waals surface area contributed by atoms with Gasteiger partial charge in [-0.1, -0.05) is 36.8 Å². The third kappa shape index (κ3) is 4.04. The van der Waals surface area contributed by atoms with Crippen molar-refractivity contribution in [2.75, 3.05) is 19.8 Å². The molecule has 0 saturated carbocycles. The average Bonchev–Trinajstić information content (AvgIpc) is 2.46. The van der Waals surface area contributed by atoms with Gasteiger partial charge in [0.15, 0.2) is 0 Å². The van der Waals surface area contributed by atoms with Gasteiger partial charge in [0.2, 0.25) is 10.0 Å². The molecular formula is C15H23NO3S. The molecule has 1 aliphatic heterocycles. The van der Waals surface area contributed by atoms with E-state index in [1.807, 2.05) is 32.0 Å². The molecule has 1 aliphatic rings. The minimum absolute atomic E-state index is 0.171. The first kappa shape index (κ1) is 15.5. The molecule has 1 saturated heterocycles. The van der Waals surface area contributed by atoms with Gasteiger partial charge < -0.3 is 4.74 Å². The van der Waals surface area contributed by atoms with Gasteiger partial charge in [-0.25, -0.2) is 13.1 Å². The first-order valence-electron chi connectivity index (χ1n) is 7.12. The van der Waals surface area contributed by atoms with Crippen molar-refractivity contribution in [2.24, 2.45) is 0 Å². The minimum Gasteiger partial charge on any atom is -0.381 e. The zero-order valence-corrected chi connectivity index (χ0v) is 12.9. The van der Waals surface area contributed by atoms with E-state index in [1.54, 1.807) is 0 Å². The summed E-state index contributed by atoms with van der Waals surface area (Å²) < 4.78 is 32.4. The molecular weight excluding hydrogens is 274 g/mol. The molecule has 0 bridgehead atoms. The Morgan fingerprint density at radius 2 is 2.05 bits per heavy atom. The van der Waals surface area contributed by atoms with Crippen molar-refractivity contribution in [3.8, 4) is 0 Å². The predicted molar refractivity (Wildman–Crippen MR) is 80.4 cm³/mol. The molecule has 1 fully saturated rings. The van der Waals surface area contributed by atoms with Gasteiger partial charge >= 0.3 is 0 Å². The second-order valence-corrected chi connectivity index (χ2v) is 7.57. The number of sulfonamides is 1. The van der Waals surface area contributed by atoms with Crippen molar-refractivity contribution in [2.45, 2.75) is 37.9 Å². The van der Waals surface area contributed by atoms with E-state index in [0.717, 1.165) is 0 Å². The highest BCUT2D eigenvalue weighted by Crippen LogP contribution is 2.18. The van der Waals surface area contributed by atoms with Crippen molar-refractivity contribution in [3.05, 3.63) is 35.4 Å². The number of benzene rings is 1. The Bertz CT molecular complexity index is 536. The standard InChI is InChI=1S/C15H23NO3S/c1-12-4-3-5-14(10-12)13(2)11-16-20(17,18)15-6-8-19-9-7-15/h3-5,10,13,15-16H,6-9,11H2,1-2H3. The van der Waals surface area contributed by atoms with Crippen molar-refractivity contribution in [3.63, 3.8) is 0 Å². The van der Waals surface area contributed by atoms with Crippen LogP contribution in [0.4, 0.5) is 0 Å². The molecule has 0 amide bonds. The third-order valence-corrected chi connectivity index (χ3v) is 5.73. The van der Waals surface area contributed by atoms with Crippen molar-refractivity contribution in [1.82, 2.24) is 4.72 Å². The van der Waals surface area contributed by atoms with Crippen LogP contribution >= 0.6 is 0 Å². The van der Waals surface area contributed by atoms with Crippen LogP contribution in [-0.4, -0.2) is 33.4 Å². The van der Waals surface area contributed by atoms with Gasteiger partial charge in [-0.3, -0.25) is 0 Å². The minimum atomic E-state index is -3.23. The maximum atomic E-state index is 12.2. The van der Waals surface area contributed by atoms with E-state index in [9.17, 15) is 8.42 Å². The summed E-state index contributed by atoms with van der Waals surface area (Å²) in [6, 6.07) is 8.20. The Labute approximate surface area is 121 Å². The second-order valence-electron chi connectivity index (χ2n) is 5.52. The van der Waals surface area contributed by atoms with Gasteiger partial charge in [0.05, 0.1) is 5.25 Å². The van der Waals surface area contributed by atoms with Gasteiger partial charge in [-0.2, -0.15) is 0 Å². The van der Waals surface area contributed by atoms with Crippen LogP contribution in [0.25, 0.3) is 0 Å². The Morgan fingerprint density at radius 1 is 1.35 bits per heavy atom. The topological polar surface area (TPSA) is 55.4 Å². The van der Waals surface area contributed by atoms with E-state index >= 15 is 0 Å². The Hall–Kier alpha value is -0.910. The van der Waals surface area contributed by atoms with Crippen LogP contribution in [-0.2, 0) is 14.8 Å². The van der Waals surface area contributed by atoms with Crippen LogP contribution in [0.1, 0.15) is 36.8 Å². The van der Waals surface area contributed by atoms with Gasteiger partial charge in [-0.15, -0.1) is 0 Å². The third-order valence-electron chi connectivity index (χ3n) is 3.81. The number of nitrogens with one attached hydrogen (secondary N) is 1. The van der Waals surface area contributed by atoms with Gasteiger partial charge in [0.25, 0.3) is 0 Å². The molecule has 1 heterocycles. The van der Waals surface area contributed by atoms with E-state index in [1.165, 1.54) is 11.1 Å². The monoisotopic (exact) mass is 297 g/mol. The number of hydrogen-bond donors (Lipinski definition) is 1. The summed E-state index contributed by atoms with van der Waals surface area (Å²) in [4.78, 5) is 0. The maximum absolute atomic E-state index is 12.2. The molecule has 1 aromatic rings. The lowest BCUT2D eigenvalue weighted by atomic mass is 10.00. The lowest BCUT2D eigenvalue weighted by Gasteiger charge is -2.23. The van der Waals surface area contributed by atoms with Gasteiger partial charge in [0.1, 0.15) is 0 Å². The molecule has 0 aromatic heterocycles. The Balaban J connectivity index is 1.93. The smallest absolute Gasteiger partial charge is 0.214 e. The fourth-order valence-corrected chi connectivity index (χ4v) is 3.97. The van der Waals surface area contributed by atoms with Crippen molar-refractivity contribution >= 4 is 10.0 Å². The molecule has 1 unspecified atom stereocenters. The van der Waals surface area contributed by atoms with Crippen molar-refractivity contribution < 1.29 is 13.2 Å². The van der Waals surface area contributed by atoms with E-state index < -0.39 is 10.0 Å². The van der Waals surface area contributed by atoms with Gasteiger partial charge in [0, 0.05) is 19.8 Å². The molecule has 0 radical (unpaired) electrons. The molecule has 0 aliphatic carbocycles. The maximum Gasteiger partial charge on any atom is 0.214 e. The van der Waals surface area contributed by atoms with E-state index in [-0.39, 0.29) is 11.2 Å². The van der Waals surface area contributed by atoms with E-state index in [0.29, 0.717) is 32.6 Å². The molecule has 1 aromatic carbocycles. The van der Waals surface area contributed by atoms with Crippen LogP contribution in [0, 0.1) is 6.92 Å². The fourth-order valence-electron chi connectivity index (χ4n) is 2.44. The molecule has 2 rings (SSSR count). The van der Waals surface area contributed by atoms with Crippen LogP contribution in [0.5, 0.6) is 0 Å². The zero-order chi connectivity index (χ0) is 14.6. The highest BCUT2D eigenvalue weighted by Gasteiger charge is 2.27. The largest absolute Gasteiger partial charge is 0.381 e. The highest BCUT2D eigenvalue weighted by molar-refractivity contribution is 7.90. The first-order valence-corrected chi connectivity index (χ1v) is 8.66. The quantitative estimate of drug-likeness (QED) is 0.906. The molecule has 4 nitrogen and oxygen atoms in total. The summed E-state index contributed by atoms with van der Waals surface area (Å²) >= 11 is 0. The highest BCUT2D eigenvalue weighted by atomic mass is 32.2. The molecule has 1 N–H and O–H groups in total. The van der Waals surface area contributed by atoms with E-state index in [2.05, 4.69) is 10.8 Å². The van der Waals surface area contributed by atoms with Gasteiger partial charge in [-0.05, 0) is 31.2 Å². The summed E-state index contributed by atoms with van der Waals surface area (Å²) in [5.74, 6) is 0.171. The second kappa shape index (κ2) is 6.70. The summed E-state index contributed by atoms with van der Waals surface area (Å²) in [5, 5.41) is -0.305. The number of hydrogen-bond acceptors (Lipinski definition) is 3. The van der Waals surface area contributed by atoms with E-state index in [4.69, 9.17) is 4.74 Å². The SMILES string of the molecule is Cc1cccc(C(C)CNS(=O)(=O)C2CCOCC2)c1. The van der Waals surface area contributed by atoms with Crippen LogP contribution < -0.4 is 4.72 Å². The summed E-state index contributed by atoms with van der Waals surface area (Å²) in [5.41, 5.74) is 2.36. The number of aryl methyl sites for hydroxylation is 1. The summed E-state index contributed by atoms with van der Waals surface area (Å²) in [7, 11) is -3.23. The fraction of sp³-hybridized carbons (Fsp3) is 0.600. The first-order chi connectivity index (χ1) is 9.49. The molecule has 5 heteroatoms. The zero-order valence-electron chi connectivity index (χ0n) is 12.1. The Kier molecular flexibility index (Phi) is 5.18. The lowest BCUT2D eigenvalue weighted by Crippen LogP contribution is -2.39. The normalized spacial score (nSPS) is 18.9. The number of rotatable bonds is 5. The number of ether oxygens (including phenoxy) is 1. The van der Waals surface area contributed by atoms with Crippen molar-refractivity contribution in [1.29, 1.82) is 0 Å². The molecule has 0 spiro atoms. The summed E-state index contributed by atoms with van der Waals surface area (Å²) in [6.07, 6.45) is 1.18. The lowest BCUT2D eigenvalue weighted by molar-refractivity contribution is 0.0981.